The topological polar surface area (TPSA) is 76.9 Å². The number of para-hydroxylation sites is 2. The second kappa shape index (κ2) is 9.21. The number of unbranched alkanes of at least 4 members (excludes halogenated alkanes) is 1. The lowest BCUT2D eigenvalue weighted by Crippen LogP contribution is -2.34. The number of ketones is 1. The van der Waals surface area contributed by atoms with E-state index in [0.29, 0.717) is 42.1 Å². The van der Waals surface area contributed by atoms with E-state index in [1.165, 1.54) is 11.7 Å². The minimum absolute atomic E-state index is 0.0551. The summed E-state index contributed by atoms with van der Waals surface area (Å²) in [7, 11) is 0. The molecule has 0 bridgehead atoms. The molecule has 7 nitrogen and oxygen atoms in total. The molecular weight excluding hydrogens is 404 g/mol. The summed E-state index contributed by atoms with van der Waals surface area (Å²) in [6.07, 6.45) is 2.62. The molecule has 1 aliphatic rings. The molecule has 1 heterocycles. The summed E-state index contributed by atoms with van der Waals surface area (Å²) in [4.78, 5) is 23.7. The van der Waals surface area contributed by atoms with Gasteiger partial charge in [-0.3, -0.25) is 10.1 Å². The fourth-order valence-corrected chi connectivity index (χ4v) is 3.46. The molecule has 0 saturated carbocycles. The second-order valence-corrected chi connectivity index (χ2v) is 7.52. The zero-order chi connectivity index (χ0) is 21.7. The van der Waals surface area contributed by atoms with Crippen LogP contribution in [0.15, 0.2) is 42.5 Å². The first-order valence-electron chi connectivity index (χ1n) is 9.64. The molecule has 158 valence electrons. The summed E-state index contributed by atoms with van der Waals surface area (Å²) in [5.41, 5.74) is 1.96. The van der Waals surface area contributed by atoms with Crippen LogP contribution in [0.5, 0.6) is 5.75 Å². The van der Waals surface area contributed by atoms with Crippen LogP contribution < -0.4 is 10.1 Å². The van der Waals surface area contributed by atoms with E-state index in [0.717, 1.165) is 5.56 Å². The van der Waals surface area contributed by atoms with Gasteiger partial charge in [0, 0.05) is 22.8 Å². The zero-order valence-electron chi connectivity index (χ0n) is 17.2. The van der Waals surface area contributed by atoms with Crippen LogP contribution in [-0.2, 0) is 14.6 Å². The van der Waals surface area contributed by atoms with Gasteiger partial charge in [0.2, 0.25) is 6.21 Å². The number of amides is 1. The van der Waals surface area contributed by atoms with E-state index in [1.54, 1.807) is 24.4 Å². The highest BCUT2D eigenvalue weighted by Gasteiger charge is 2.34. The average Bonchev–Trinajstić information content (AvgIpc) is 2.70. The third-order valence-corrected chi connectivity index (χ3v) is 4.94. The van der Waals surface area contributed by atoms with Gasteiger partial charge in [0.1, 0.15) is 24.3 Å². The van der Waals surface area contributed by atoms with Gasteiger partial charge in [-0.15, -0.1) is 0 Å². The predicted octanol–water partition coefficient (Wildman–Crippen LogP) is 5.04. The Hall–Kier alpha value is -3.00. The quantitative estimate of drug-likeness (QED) is 0.117. The van der Waals surface area contributed by atoms with E-state index < -0.39 is 11.7 Å². The summed E-state index contributed by atoms with van der Waals surface area (Å²) < 4.78 is 17.8. The van der Waals surface area contributed by atoms with Gasteiger partial charge in [0.05, 0.1) is 17.9 Å². The van der Waals surface area contributed by atoms with Crippen LogP contribution >= 0.6 is 12.9 Å². The highest BCUT2D eigenvalue weighted by Crippen LogP contribution is 2.40. The summed E-state index contributed by atoms with van der Waals surface area (Å²) in [5, 5.41) is 2.73. The number of rotatable bonds is 8. The molecule has 3 rings (SSSR count). The maximum atomic E-state index is 11.8. The normalized spacial score (nSPS) is 14.9. The molecule has 1 amide bonds. The molecule has 2 aromatic rings. The van der Waals surface area contributed by atoms with Gasteiger partial charge in [-0.1, -0.05) is 24.3 Å². The lowest BCUT2D eigenvalue weighted by Gasteiger charge is -2.33. The average molecular weight is 430 g/mol. The van der Waals surface area contributed by atoms with Crippen LogP contribution in [0.3, 0.4) is 0 Å². The molecule has 0 saturated heterocycles. The van der Waals surface area contributed by atoms with Crippen LogP contribution in [-0.4, -0.2) is 29.4 Å². The lowest BCUT2D eigenvalue weighted by atomic mass is 9.94. The molecular formula is C22H25N2O5S+. The SMILES string of the molecule is CC(=O)c1ccccc1[N+](=CCCCOc1cccc2c1NC(=O)OC2(C)C)OS. The van der Waals surface area contributed by atoms with Crippen molar-refractivity contribution < 1.29 is 28.1 Å². The van der Waals surface area contributed by atoms with Crippen molar-refractivity contribution in [2.45, 2.75) is 39.2 Å². The minimum Gasteiger partial charge on any atom is -0.491 e. The fraction of sp³-hybridized carbons (Fsp3) is 0.318. The number of cyclic esters (lactones) is 1. The van der Waals surface area contributed by atoms with E-state index in [1.807, 2.05) is 38.1 Å². The Morgan fingerprint density at radius 3 is 2.73 bits per heavy atom. The van der Waals surface area contributed by atoms with Crippen molar-refractivity contribution in [1.82, 2.24) is 0 Å². The van der Waals surface area contributed by atoms with Crippen LogP contribution in [0, 0.1) is 0 Å². The van der Waals surface area contributed by atoms with Gasteiger partial charge in [-0.2, -0.15) is 4.28 Å². The Kier molecular flexibility index (Phi) is 6.66. The Labute approximate surface area is 181 Å². The fourth-order valence-electron chi connectivity index (χ4n) is 3.31. The summed E-state index contributed by atoms with van der Waals surface area (Å²) in [5.74, 6) is 0.543. The number of benzene rings is 2. The molecule has 1 N–H and O–H groups in total. The molecule has 0 fully saturated rings. The van der Waals surface area contributed by atoms with Gasteiger partial charge >= 0.3 is 6.09 Å². The molecule has 0 radical (unpaired) electrons. The number of carbonyl (C=O) groups is 2. The van der Waals surface area contributed by atoms with Crippen molar-refractivity contribution in [3.63, 3.8) is 0 Å². The third-order valence-electron chi connectivity index (χ3n) is 4.76. The third kappa shape index (κ3) is 4.76. The number of thiol groups is 1. The number of carbonyl (C=O) groups excluding carboxylic acids is 2. The van der Waals surface area contributed by atoms with Crippen LogP contribution in [0.4, 0.5) is 16.2 Å². The van der Waals surface area contributed by atoms with Crippen LogP contribution in [0.1, 0.15) is 49.5 Å². The maximum Gasteiger partial charge on any atom is 0.412 e. The molecule has 1 aliphatic heterocycles. The summed E-state index contributed by atoms with van der Waals surface area (Å²) in [6.45, 7) is 5.62. The Morgan fingerprint density at radius 2 is 2.00 bits per heavy atom. The Balaban J connectivity index is 1.65. The zero-order valence-corrected chi connectivity index (χ0v) is 18.1. The Bertz CT molecular complexity index is 987. The lowest BCUT2D eigenvalue weighted by molar-refractivity contribution is -0.672. The monoisotopic (exact) mass is 429 g/mol. The first-order valence-corrected chi connectivity index (χ1v) is 10.0. The highest BCUT2D eigenvalue weighted by atomic mass is 32.1. The molecule has 0 aliphatic carbocycles. The molecule has 2 aromatic carbocycles. The van der Waals surface area contributed by atoms with Crippen molar-refractivity contribution in [2.75, 3.05) is 11.9 Å². The van der Waals surface area contributed by atoms with Crippen molar-refractivity contribution in [1.29, 1.82) is 0 Å². The second-order valence-electron chi connectivity index (χ2n) is 7.36. The molecule has 30 heavy (non-hydrogen) atoms. The number of hydrogen-bond donors (Lipinski definition) is 2. The summed E-state index contributed by atoms with van der Waals surface area (Å²) in [6, 6.07) is 12.8. The van der Waals surface area contributed by atoms with Gasteiger partial charge in [-0.05, 0) is 39.3 Å². The van der Waals surface area contributed by atoms with Crippen molar-refractivity contribution in [3.8, 4) is 5.75 Å². The standard InChI is InChI=1S/C22H24N2O5S/c1-15(25)16-9-4-5-11-18(16)24(29-30)13-6-7-14-27-19-12-8-10-17-20(19)23-21(26)28-22(17,2)3/h4-5,8-13H,6-7,14H2,1-3H3,(H-,23,26,30)/p+1. The molecule has 8 heteroatoms. The van der Waals surface area contributed by atoms with Crippen LogP contribution in [0.2, 0.25) is 0 Å². The van der Waals surface area contributed by atoms with Gasteiger partial charge in [-0.25, -0.2) is 4.79 Å². The number of nitrogens with one attached hydrogen (secondary N) is 1. The number of ether oxygens (including phenoxy) is 2. The van der Waals surface area contributed by atoms with Gasteiger partial charge in [0.25, 0.3) is 5.69 Å². The van der Waals surface area contributed by atoms with Crippen molar-refractivity contribution in [3.05, 3.63) is 53.6 Å². The van der Waals surface area contributed by atoms with E-state index in [2.05, 4.69) is 18.2 Å². The predicted molar refractivity (Wildman–Crippen MR) is 117 cm³/mol. The summed E-state index contributed by atoms with van der Waals surface area (Å²) >= 11 is 3.90. The minimum atomic E-state index is -0.723. The smallest absolute Gasteiger partial charge is 0.412 e. The van der Waals surface area contributed by atoms with Crippen LogP contribution in [0.25, 0.3) is 0 Å². The number of anilines is 1. The maximum absolute atomic E-state index is 11.8. The first-order chi connectivity index (χ1) is 14.3. The van der Waals surface area contributed by atoms with Crippen molar-refractivity contribution >= 4 is 42.4 Å². The van der Waals surface area contributed by atoms with E-state index in [-0.39, 0.29) is 5.78 Å². The van der Waals surface area contributed by atoms with Crippen molar-refractivity contribution in [2.24, 2.45) is 0 Å². The number of Topliss-reactive ketones (excluding diaryl/α,β-unsaturated/α-hetero) is 1. The number of nitrogens with zero attached hydrogens (tertiary/aromatic N) is 1. The molecule has 0 aromatic heterocycles. The molecule has 0 atom stereocenters. The number of hydrogen-bond acceptors (Lipinski definition) is 6. The van der Waals surface area contributed by atoms with E-state index >= 15 is 0 Å². The van der Waals surface area contributed by atoms with E-state index in [9.17, 15) is 9.59 Å². The van der Waals surface area contributed by atoms with Gasteiger partial charge < -0.3 is 9.47 Å². The number of fused-ring (bicyclic) bond motifs is 1. The largest absolute Gasteiger partial charge is 0.491 e. The highest BCUT2D eigenvalue weighted by molar-refractivity contribution is 7.74. The molecule has 0 spiro atoms. The van der Waals surface area contributed by atoms with E-state index in [4.69, 9.17) is 13.8 Å². The van der Waals surface area contributed by atoms with Gasteiger partial charge in [0.15, 0.2) is 5.78 Å². The molecule has 0 unspecified atom stereocenters. The Morgan fingerprint density at radius 1 is 1.23 bits per heavy atom. The first kappa shape index (κ1) is 21.7.